The topological polar surface area (TPSA) is 48.1 Å². The summed E-state index contributed by atoms with van der Waals surface area (Å²) in [4.78, 5) is 10.8. The van der Waals surface area contributed by atoms with Crippen molar-refractivity contribution in [3.63, 3.8) is 0 Å². The summed E-state index contributed by atoms with van der Waals surface area (Å²) in [6.45, 7) is 3.07. The van der Waals surface area contributed by atoms with Gasteiger partial charge < -0.3 is 14.2 Å². The second kappa shape index (κ2) is 4.11. The third kappa shape index (κ3) is 2.23. The number of carbonyl (C=O) groups is 1. The van der Waals surface area contributed by atoms with Gasteiger partial charge in [-0.05, 0) is 6.42 Å². The van der Waals surface area contributed by atoms with Crippen molar-refractivity contribution in [1.29, 1.82) is 0 Å². The zero-order valence-electron chi connectivity index (χ0n) is 7.25. The first kappa shape index (κ1) is 9.06. The van der Waals surface area contributed by atoms with Crippen molar-refractivity contribution in [3.8, 4) is 0 Å². The maximum atomic E-state index is 10.8. The number of hydrogen-bond acceptors (Lipinski definition) is 4. The molecule has 68 valence electrons. The van der Waals surface area contributed by atoms with Crippen LogP contribution in [0.4, 0.5) is 0 Å². The van der Waals surface area contributed by atoms with E-state index in [4.69, 9.17) is 9.47 Å². The lowest BCUT2D eigenvalue weighted by Crippen LogP contribution is -1.97. The van der Waals surface area contributed by atoms with Gasteiger partial charge in [-0.1, -0.05) is 6.92 Å². The summed E-state index contributed by atoms with van der Waals surface area (Å²) in [5.41, 5.74) is 0. The van der Waals surface area contributed by atoms with Crippen LogP contribution < -0.4 is 0 Å². The third-order valence-corrected chi connectivity index (χ3v) is 1.39. The van der Waals surface area contributed by atoms with Crippen LogP contribution in [-0.4, -0.2) is 26.3 Å². The molecule has 4 nitrogen and oxygen atoms in total. The maximum Gasteiger partial charge on any atom is 0.377 e. The number of esters is 1. The standard InChI is InChI=1S/C8H12O4/c1-3-4-11-5-6-7(12-6)8(9)10-2/h3-5H2,1-2H3. The van der Waals surface area contributed by atoms with Crippen molar-refractivity contribution in [1.82, 2.24) is 0 Å². The summed E-state index contributed by atoms with van der Waals surface area (Å²) < 4.78 is 14.4. The molecule has 0 unspecified atom stereocenters. The lowest BCUT2D eigenvalue weighted by atomic mass is 10.5. The average molecular weight is 172 g/mol. The Labute approximate surface area is 71.1 Å². The number of ether oxygens (including phenoxy) is 3. The van der Waals surface area contributed by atoms with Crippen LogP contribution in [0, 0.1) is 0 Å². The predicted octanol–water partition coefficient (Wildman–Crippen LogP) is 0.828. The van der Waals surface area contributed by atoms with E-state index in [1.165, 1.54) is 7.11 Å². The van der Waals surface area contributed by atoms with E-state index in [9.17, 15) is 4.79 Å². The van der Waals surface area contributed by atoms with Crippen LogP contribution >= 0.6 is 0 Å². The van der Waals surface area contributed by atoms with Crippen molar-refractivity contribution in [2.24, 2.45) is 0 Å². The van der Waals surface area contributed by atoms with Gasteiger partial charge >= 0.3 is 5.97 Å². The summed E-state index contributed by atoms with van der Waals surface area (Å²) in [6, 6.07) is 0. The molecule has 0 aromatic carbocycles. The fourth-order valence-corrected chi connectivity index (χ4v) is 0.750. The first-order valence-electron chi connectivity index (χ1n) is 3.86. The Hall–Kier alpha value is -1.03. The predicted molar refractivity (Wildman–Crippen MR) is 41.2 cm³/mol. The summed E-state index contributed by atoms with van der Waals surface area (Å²) in [6.07, 6.45) is 0.959. The highest BCUT2D eigenvalue weighted by molar-refractivity contribution is 5.90. The number of carbonyl (C=O) groups excluding carboxylic acids is 1. The van der Waals surface area contributed by atoms with E-state index in [0.29, 0.717) is 24.7 Å². The molecule has 0 bridgehead atoms. The normalized spacial score (nSPS) is 14.2. The Kier molecular flexibility index (Phi) is 3.10. The van der Waals surface area contributed by atoms with E-state index in [1.807, 2.05) is 6.92 Å². The fourth-order valence-electron chi connectivity index (χ4n) is 0.750. The van der Waals surface area contributed by atoms with E-state index >= 15 is 0 Å². The molecule has 0 aliphatic carbocycles. The van der Waals surface area contributed by atoms with E-state index in [0.717, 1.165) is 6.42 Å². The molecule has 0 N–H and O–H groups in total. The van der Waals surface area contributed by atoms with Gasteiger partial charge in [0.05, 0.1) is 7.11 Å². The van der Waals surface area contributed by atoms with Crippen molar-refractivity contribution in [2.45, 2.75) is 13.3 Å². The summed E-state index contributed by atoms with van der Waals surface area (Å²) in [5, 5.41) is 0. The van der Waals surface area contributed by atoms with Gasteiger partial charge in [0.2, 0.25) is 0 Å². The van der Waals surface area contributed by atoms with Gasteiger partial charge in [0, 0.05) is 6.61 Å². The minimum Gasteiger partial charge on any atom is -0.463 e. The van der Waals surface area contributed by atoms with Crippen molar-refractivity contribution in [2.75, 3.05) is 20.3 Å². The smallest absolute Gasteiger partial charge is 0.377 e. The van der Waals surface area contributed by atoms with Gasteiger partial charge in [-0.3, -0.25) is 0 Å². The summed E-state index contributed by atoms with van der Waals surface area (Å²) in [7, 11) is 1.32. The van der Waals surface area contributed by atoms with Crippen molar-refractivity contribution in [3.05, 3.63) is 11.5 Å². The zero-order chi connectivity index (χ0) is 8.97. The highest BCUT2D eigenvalue weighted by Gasteiger charge is 2.32. The Morgan fingerprint density at radius 1 is 1.58 bits per heavy atom. The van der Waals surface area contributed by atoms with Crippen molar-refractivity contribution >= 4 is 5.97 Å². The van der Waals surface area contributed by atoms with Gasteiger partial charge in [-0.2, -0.15) is 0 Å². The second-order valence-corrected chi connectivity index (χ2v) is 2.40. The molecule has 0 spiro atoms. The van der Waals surface area contributed by atoms with E-state index in [-0.39, 0.29) is 0 Å². The van der Waals surface area contributed by atoms with E-state index < -0.39 is 5.97 Å². The highest BCUT2D eigenvalue weighted by atomic mass is 16.6. The molecule has 0 aromatic heterocycles. The highest BCUT2D eigenvalue weighted by Crippen LogP contribution is 2.26. The molecule has 0 saturated heterocycles. The fraction of sp³-hybridized carbons (Fsp3) is 0.625. The average Bonchev–Trinajstić information content (AvgIpc) is 2.83. The lowest BCUT2D eigenvalue weighted by Gasteiger charge is -1.93. The minimum atomic E-state index is -0.426. The van der Waals surface area contributed by atoms with Crippen LogP contribution in [0.3, 0.4) is 0 Å². The van der Waals surface area contributed by atoms with Crippen LogP contribution in [0.1, 0.15) is 13.3 Å². The number of rotatable bonds is 5. The van der Waals surface area contributed by atoms with Crippen LogP contribution in [0.2, 0.25) is 0 Å². The Morgan fingerprint density at radius 3 is 2.92 bits per heavy atom. The van der Waals surface area contributed by atoms with E-state index in [2.05, 4.69) is 4.74 Å². The van der Waals surface area contributed by atoms with Crippen LogP contribution in [-0.2, 0) is 19.0 Å². The third-order valence-electron chi connectivity index (χ3n) is 1.39. The monoisotopic (exact) mass is 172 g/mol. The number of methoxy groups -OCH3 is 1. The van der Waals surface area contributed by atoms with Gasteiger partial charge in [-0.15, -0.1) is 0 Å². The van der Waals surface area contributed by atoms with Crippen LogP contribution in [0.15, 0.2) is 11.5 Å². The molecule has 0 radical (unpaired) electrons. The zero-order valence-corrected chi connectivity index (χ0v) is 7.25. The Bertz CT molecular complexity index is 207. The number of hydrogen-bond donors (Lipinski definition) is 0. The molecule has 1 rings (SSSR count). The summed E-state index contributed by atoms with van der Waals surface area (Å²) >= 11 is 0. The second-order valence-electron chi connectivity index (χ2n) is 2.40. The largest absolute Gasteiger partial charge is 0.463 e. The minimum absolute atomic E-state index is 0.300. The van der Waals surface area contributed by atoms with Gasteiger partial charge in [0.1, 0.15) is 6.61 Å². The molecule has 0 fully saturated rings. The maximum absolute atomic E-state index is 10.8. The van der Waals surface area contributed by atoms with Crippen molar-refractivity contribution < 1.29 is 19.0 Å². The molecular formula is C8H12O4. The molecule has 1 aliphatic heterocycles. The van der Waals surface area contributed by atoms with Gasteiger partial charge in [-0.25, -0.2) is 4.79 Å². The first-order valence-corrected chi connectivity index (χ1v) is 3.86. The van der Waals surface area contributed by atoms with Gasteiger partial charge in [0.15, 0.2) is 5.76 Å². The van der Waals surface area contributed by atoms with Gasteiger partial charge in [0.25, 0.3) is 5.76 Å². The molecule has 0 saturated carbocycles. The molecular weight excluding hydrogens is 160 g/mol. The molecule has 12 heavy (non-hydrogen) atoms. The van der Waals surface area contributed by atoms with Crippen LogP contribution in [0.5, 0.6) is 0 Å². The Balaban J connectivity index is 2.20. The molecule has 1 aliphatic rings. The first-order chi connectivity index (χ1) is 5.79. The SMILES string of the molecule is CCCOCC1=C(C(=O)OC)O1. The molecule has 0 aromatic rings. The summed E-state index contributed by atoms with van der Waals surface area (Å²) in [5.74, 6) is 0.467. The molecule has 1 heterocycles. The molecule has 0 atom stereocenters. The quantitative estimate of drug-likeness (QED) is 0.455. The van der Waals surface area contributed by atoms with E-state index in [1.54, 1.807) is 0 Å². The lowest BCUT2D eigenvalue weighted by molar-refractivity contribution is -0.137. The molecule has 4 heteroatoms. The van der Waals surface area contributed by atoms with Crippen LogP contribution in [0.25, 0.3) is 0 Å². The Morgan fingerprint density at radius 2 is 2.33 bits per heavy atom. The molecule has 0 amide bonds.